The highest BCUT2D eigenvalue weighted by Gasteiger charge is 2.23. The first kappa shape index (κ1) is 15.2. The van der Waals surface area contributed by atoms with Gasteiger partial charge in [0.1, 0.15) is 0 Å². The Labute approximate surface area is 110 Å². The van der Waals surface area contributed by atoms with Crippen molar-refractivity contribution >= 4 is 0 Å². The van der Waals surface area contributed by atoms with Crippen LogP contribution in [0.2, 0.25) is 0 Å². The van der Waals surface area contributed by atoms with E-state index < -0.39 is 0 Å². The lowest BCUT2D eigenvalue weighted by Crippen LogP contribution is -2.52. The molecule has 3 nitrogen and oxygen atoms in total. The van der Waals surface area contributed by atoms with Crippen LogP contribution in [0.4, 0.5) is 0 Å². The molecule has 0 radical (unpaired) electrons. The highest BCUT2D eigenvalue weighted by Crippen LogP contribution is 2.14. The van der Waals surface area contributed by atoms with E-state index in [1.807, 2.05) is 6.07 Å². The molecule has 1 aromatic rings. The van der Waals surface area contributed by atoms with Crippen LogP contribution in [-0.4, -0.2) is 29.8 Å². The van der Waals surface area contributed by atoms with Gasteiger partial charge >= 0.3 is 0 Å². The molecule has 0 amide bonds. The lowest BCUT2D eigenvalue weighted by Gasteiger charge is -2.33. The number of nitrogens with two attached hydrogens (primary N) is 1. The second kappa shape index (κ2) is 7.52. The first-order chi connectivity index (χ1) is 8.59. The number of hydrogen-bond donors (Lipinski definition) is 3. The Balaban J connectivity index is 2.49. The fourth-order valence-electron chi connectivity index (χ4n) is 2.16. The minimum absolute atomic E-state index is 0.0651. The first-order valence-electron chi connectivity index (χ1n) is 6.72. The van der Waals surface area contributed by atoms with E-state index in [4.69, 9.17) is 10.8 Å². The molecule has 0 bridgehead atoms. The van der Waals surface area contributed by atoms with Gasteiger partial charge in [0.2, 0.25) is 0 Å². The Kier molecular flexibility index (Phi) is 6.33. The summed E-state index contributed by atoms with van der Waals surface area (Å²) in [5.74, 6) is 0. The molecule has 0 fully saturated rings. The summed E-state index contributed by atoms with van der Waals surface area (Å²) in [5.41, 5.74) is 7.17. The Morgan fingerprint density at radius 1 is 1.33 bits per heavy atom. The van der Waals surface area contributed by atoms with Gasteiger partial charge in [-0.3, -0.25) is 0 Å². The second-order valence-electron chi connectivity index (χ2n) is 5.31. The minimum Gasteiger partial charge on any atom is -0.396 e. The van der Waals surface area contributed by atoms with Crippen LogP contribution in [0.1, 0.15) is 32.3 Å². The highest BCUT2D eigenvalue weighted by atomic mass is 16.3. The van der Waals surface area contributed by atoms with Crippen LogP contribution >= 0.6 is 0 Å². The van der Waals surface area contributed by atoms with Gasteiger partial charge in [0.15, 0.2) is 0 Å². The predicted molar refractivity (Wildman–Crippen MR) is 76.5 cm³/mol. The first-order valence-corrected chi connectivity index (χ1v) is 6.72. The zero-order valence-electron chi connectivity index (χ0n) is 11.5. The number of aliphatic hydroxyl groups is 1. The van der Waals surface area contributed by atoms with Gasteiger partial charge in [-0.2, -0.15) is 0 Å². The molecule has 0 saturated carbocycles. The third-order valence-electron chi connectivity index (χ3n) is 3.42. The smallest absolute Gasteiger partial charge is 0.0445 e. The zero-order chi connectivity index (χ0) is 13.4. The summed E-state index contributed by atoms with van der Waals surface area (Å²) < 4.78 is 0. The van der Waals surface area contributed by atoms with Gasteiger partial charge in [-0.25, -0.2) is 0 Å². The monoisotopic (exact) mass is 250 g/mol. The van der Waals surface area contributed by atoms with Crippen molar-refractivity contribution in [3.05, 3.63) is 35.9 Å². The maximum absolute atomic E-state index is 8.94. The fraction of sp³-hybridized carbons (Fsp3) is 0.600. The van der Waals surface area contributed by atoms with Gasteiger partial charge in [0.05, 0.1) is 0 Å². The molecule has 2 atom stereocenters. The quantitative estimate of drug-likeness (QED) is 0.658. The maximum Gasteiger partial charge on any atom is 0.0445 e. The number of rotatable bonds is 8. The summed E-state index contributed by atoms with van der Waals surface area (Å²) in [6.45, 7) is 5.07. The number of hydrogen-bond acceptors (Lipinski definition) is 3. The van der Waals surface area contributed by atoms with E-state index in [2.05, 4.69) is 43.4 Å². The third kappa shape index (κ3) is 5.17. The van der Waals surface area contributed by atoms with Crippen LogP contribution in [0.25, 0.3) is 0 Å². The van der Waals surface area contributed by atoms with Gasteiger partial charge in [-0.05, 0) is 38.7 Å². The van der Waals surface area contributed by atoms with Gasteiger partial charge < -0.3 is 16.2 Å². The van der Waals surface area contributed by atoms with E-state index in [9.17, 15) is 0 Å². The second-order valence-corrected chi connectivity index (χ2v) is 5.31. The predicted octanol–water partition coefficient (Wildman–Crippen LogP) is 1.70. The van der Waals surface area contributed by atoms with Crippen molar-refractivity contribution in [1.82, 2.24) is 5.32 Å². The number of nitrogens with one attached hydrogen (secondary N) is 1. The van der Waals surface area contributed by atoms with Crippen LogP contribution in [0, 0.1) is 0 Å². The fourth-order valence-corrected chi connectivity index (χ4v) is 2.16. The molecule has 1 rings (SSSR count). The van der Waals surface area contributed by atoms with Crippen molar-refractivity contribution in [3.8, 4) is 0 Å². The van der Waals surface area contributed by atoms with E-state index in [-0.39, 0.29) is 12.1 Å². The van der Waals surface area contributed by atoms with Gasteiger partial charge in [0, 0.05) is 24.7 Å². The molecule has 0 aromatic heterocycles. The molecule has 0 aliphatic rings. The summed E-state index contributed by atoms with van der Waals surface area (Å²) in [7, 11) is 0. The Hall–Kier alpha value is -0.900. The SMILES string of the molecule is CC(CCO)NC(C)(CN)CCc1ccccc1. The Morgan fingerprint density at radius 2 is 2.00 bits per heavy atom. The molecular formula is C15H26N2O. The van der Waals surface area contributed by atoms with Crippen molar-refractivity contribution < 1.29 is 5.11 Å². The topological polar surface area (TPSA) is 58.3 Å². The van der Waals surface area contributed by atoms with Crippen molar-refractivity contribution in [2.24, 2.45) is 5.73 Å². The van der Waals surface area contributed by atoms with Crippen molar-refractivity contribution in [2.45, 2.75) is 44.7 Å². The molecule has 102 valence electrons. The number of benzene rings is 1. The van der Waals surface area contributed by atoms with E-state index in [1.54, 1.807) is 0 Å². The van der Waals surface area contributed by atoms with E-state index in [0.717, 1.165) is 19.3 Å². The average molecular weight is 250 g/mol. The van der Waals surface area contributed by atoms with Crippen LogP contribution in [-0.2, 0) is 6.42 Å². The van der Waals surface area contributed by atoms with Gasteiger partial charge in [-0.1, -0.05) is 30.3 Å². The maximum atomic E-state index is 8.94. The highest BCUT2D eigenvalue weighted by molar-refractivity contribution is 5.15. The van der Waals surface area contributed by atoms with Crippen molar-refractivity contribution in [3.63, 3.8) is 0 Å². The van der Waals surface area contributed by atoms with Crippen LogP contribution in [0.15, 0.2) is 30.3 Å². The lowest BCUT2D eigenvalue weighted by molar-refractivity contribution is 0.238. The van der Waals surface area contributed by atoms with Crippen LogP contribution < -0.4 is 11.1 Å². The van der Waals surface area contributed by atoms with Crippen LogP contribution in [0.3, 0.4) is 0 Å². The van der Waals surface area contributed by atoms with Gasteiger partial charge in [-0.15, -0.1) is 0 Å². The molecule has 1 aromatic carbocycles. The molecule has 4 N–H and O–H groups in total. The Bertz CT molecular complexity index is 329. The summed E-state index contributed by atoms with van der Waals surface area (Å²) in [4.78, 5) is 0. The molecular weight excluding hydrogens is 224 g/mol. The third-order valence-corrected chi connectivity index (χ3v) is 3.42. The molecule has 0 heterocycles. The minimum atomic E-state index is -0.0651. The lowest BCUT2D eigenvalue weighted by atomic mass is 9.92. The van der Waals surface area contributed by atoms with E-state index in [0.29, 0.717) is 12.6 Å². The van der Waals surface area contributed by atoms with E-state index in [1.165, 1.54) is 5.56 Å². The van der Waals surface area contributed by atoms with E-state index >= 15 is 0 Å². The van der Waals surface area contributed by atoms with Gasteiger partial charge in [0.25, 0.3) is 0 Å². The molecule has 3 heteroatoms. The zero-order valence-corrected chi connectivity index (χ0v) is 11.5. The largest absolute Gasteiger partial charge is 0.396 e. The van der Waals surface area contributed by atoms with Crippen molar-refractivity contribution in [2.75, 3.05) is 13.2 Å². The Morgan fingerprint density at radius 3 is 2.56 bits per heavy atom. The standard InChI is InChI=1S/C15H26N2O/c1-13(9-11-18)17-15(2,12-16)10-8-14-6-4-3-5-7-14/h3-7,13,17-18H,8-12,16H2,1-2H3. The summed E-state index contributed by atoms with van der Waals surface area (Å²) >= 11 is 0. The molecule has 0 saturated heterocycles. The summed E-state index contributed by atoms with van der Waals surface area (Å²) in [6.07, 6.45) is 2.79. The normalized spacial score (nSPS) is 16.2. The number of aliphatic hydroxyl groups excluding tert-OH is 1. The number of aryl methyl sites for hydroxylation is 1. The molecule has 2 unspecified atom stereocenters. The average Bonchev–Trinajstić information content (AvgIpc) is 2.38. The molecule has 0 spiro atoms. The molecule has 18 heavy (non-hydrogen) atoms. The molecule has 0 aliphatic heterocycles. The summed E-state index contributed by atoms with van der Waals surface area (Å²) in [5, 5.41) is 12.5. The van der Waals surface area contributed by atoms with Crippen LogP contribution in [0.5, 0.6) is 0 Å². The summed E-state index contributed by atoms with van der Waals surface area (Å²) in [6, 6.07) is 10.8. The van der Waals surface area contributed by atoms with Crippen molar-refractivity contribution in [1.29, 1.82) is 0 Å². The molecule has 0 aliphatic carbocycles.